The molecule has 0 heterocycles. The zero-order valence-corrected chi connectivity index (χ0v) is 4.54. The Morgan fingerprint density at radius 2 is 1.75 bits per heavy atom. The zero-order valence-electron chi connectivity index (χ0n) is 2.37. The zero-order chi connectivity index (χ0) is 2.71. The quantitative estimate of drug-likeness (QED) is 0.386. The van der Waals surface area contributed by atoms with Gasteiger partial charge in [0, 0.05) is 23.1 Å². The lowest BCUT2D eigenvalue weighted by atomic mass is 11.3. The molecule has 4 heavy (non-hydrogen) atoms. The van der Waals surface area contributed by atoms with Gasteiger partial charge in [0.25, 0.3) is 0 Å². The molecule has 0 aromatic rings. The third-order valence-corrected chi connectivity index (χ3v) is 0. The lowest BCUT2D eigenvalue weighted by molar-refractivity contribution is 2.63. The first kappa shape index (κ1) is 8.84. The van der Waals surface area contributed by atoms with Crippen LogP contribution in [0.1, 0.15) is 0 Å². The molecule has 2 radical (unpaired) electrons. The number of hydrogen-bond acceptors (Lipinski definition) is 0. The number of rotatable bonds is 0. The Morgan fingerprint density at radius 3 is 1.75 bits per heavy atom. The van der Waals surface area contributed by atoms with Crippen LogP contribution in [0.15, 0.2) is 12.1 Å². The Labute approximate surface area is 47.0 Å². The van der Waals surface area contributed by atoms with Gasteiger partial charge >= 0.3 is 0 Å². The van der Waals surface area contributed by atoms with Gasteiger partial charge in [-0.2, -0.15) is 0 Å². The molecule has 0 nitrogen and oxygen atoms in total. The summed E-state index contributed by atoms with van der Waals surface area (Å²) in [5, 5.41) is 0. The van der Waals surface area contributed by atoms with E-state index >= 15 is 0 Å². The van der Waals surface area contributed by atoms with Gasteiger partial charge in [-0.3, -0.25) is 0 Å². The maximum Gasteiger partial charge on any atom is 0 e. The fourth-order valence-electron chi connectivity index (χ4n) is 0. The highest BCUT2D eigenvalue weighted by Crippen LogP contribution is 1.60. The first-order valence-electron chi connectivity index (χ1n) is 0.626. The van der Waals surface area contributed by atoms with Crippen LogP contribution in [0.5, 0.6) is 0 Å². The third-order valence-electron chi connectivity index (χ3n) is 0. The van der Waals surface area contributed by atoms with Crippen molar-refractivity contribution in [1.29, 1.82) is 0 Å². The van der Waals surface area contributed by atoms with Crippen molar-refractivity contribution in [2.24, 2.45) is 0 Å². The summed E-state index contributed by atoms with van der Waals surface area (Å²) in [4.78, 5) is 0. The molecule has 0 fully saturated rings. The van der Waals surface area contributed by atoms with Gasteiger partial charge in [-0.1, -0.05) is 18.2 Å². The predicted octanol–water partition coefficient (Wildman–Crippen LogP) is 0.988. The first-order valence-corrected chi connectivity index (χ1v) is 1.06. The van der Waals surface area contributed by atoms with Crippen LogP contribution in [0, 0.1) is 0 Å². The van der Waals surface area contributed by atoms with E-state index in [0.717, 1.165) is 0 Å². The Hall–Kier alpha value is 0.796. The van der Waals surface area contributed by atoms with Gasteiger partial charge in [-0.05, 0) is 5.54 Å². The van der Waals surface area contributed by atoms with Crippen molar-refractivity contribution in [3.8, 4) is 0 Å². The molecule has 0 bridgehead atoms. The highest BCUT2D eigenvalue weighted by molar-refractivity contribution is 6.25. The summed E-state index contributed by atoms with van der Waals surface area (Å²) in [6.07, 6.45) is 0. The molecule has 0 N–H and O–H groups in total. The van der Waals surface area contributed by atoms with E-state index in [1.165, 1.54) is 5.54 Å². The van der Waals surface area contributed by atoms with Gasteiger partial charge in [-0.25, -0.2) is 0 Å². The number of halogens is 1. The second-order valence-corrected chi connectivity index (χ2v) is 0.463. The van der Waals surface area contributed by atoms with E-state index in [9.17, 15) is 0 Å². The highest BCUT2D eigenvalue weighted by Gasteiger charge is 1.18. The Balaban J connectivity index is 0. The fraction of sp³-hybridized carbons (Fsp3) is 0. The van der Waals surface area contributed by atoms with Gasteiger partial charge in [-0.15, -0.1) is 0 Å². The summed E-state index contributed by atoms with van der Waals surface area (Å²) in [5.74, 6) is 0. The van der Waals surface area contributed by atoms with Crippen molar-refractivity contribution in [3.05, 3.63) is 12.1 Å². The molecule has 0 rings (SSSR count). The molecular weight excluding hydrogens is 83.8 g/mol. The summed E-state index contributed by atoms with van der Waals surface area (Å²) >= 11 is 4.76. The molecule has 0 spiro atoms. The summed E-state index contributed by atoms with van der Waals surface area (Å²) < 4.78 is 0. The van der Waals surface area contributed by atoms with E-state index in [2.05, 4.69) is 6.58 Å². The summed E-state index contributed by atoms with van der Waals surface area (Å²) in [6, 6.07) is 0. The van der Waals surface area contributed by atoms with Crippen LogP contribution in [0.4, 0.5) is 0 Å². The standard InChI is InChI=1S/C2H3Cl.Mg/c1-2-3;/h2H,1H2;. The molecule has 0 atom stereocenters. The molecule has 0 saturated carbocycles. The van der Waals surface area contributed by atoms with Crippen molar-refractivity contribution in [1.82, 2.24) is 0 Å². The molecule has 0 saturated heterocycles. The van der Waals surface area contributed by atoms with Crippen LogP contribution >= 0.6 is 11.6 Å². The van der Waals surface area contributed by atoms with E-state index < -0.39 is 0 Å². The second-order valence-electron chi connectivity index (χ2n) is 0.154. The van der Waals surface area contributed by atoms with Crippen molar-refractivity contribution in [2.45, 2.75) is 0 Å². The van der Waals surface area contributed by atoms with Crippen molar-refractivity contribution in [3.63, 3.8) is 0 Å². The minimum absolute atomic E-state index is 0. The monoisotopic (exact) mass is 86.0 g/mol. The SMILES string of the molecule is C=CCl.[Mg]. The molecule has 0 amide bonds. The van der Waals surface area contributed by atoms with Gasteiger partial charge in [0.05, 0.1) is 0 Å². The highest BCUT2D eigenvalue weighted by atomic mass is 35.5. The van der Waals surface area contributed by atoms with E-state index in [1.807, 2.05) is 0 Å². The predicted molar refractivity (Wildman–Crippen MR) is 21.8 cm³/mol. The lowest BCUT2D eigenvalue weighted by Gasteiger charge is -1.27. The van der Waals surface area contributed by atoms with Crippen molar-refractivity contribution >= 4 is 34.7 Å². The number of hydrogen-bond donors (Lipinski definition) is 0. The van der Waals surface area contributed by atoms with E-state index in [1.54, 1.807) is 0 Å². The van der Waals surface area contributed by atoms with Crippen molar-refractivity contribution in [2.75, 3.05) is 0 Å². The molecule has 20 valence electrons. The van der Waals surface area contributed by atoms with E-state index in [4.69, 9.17) is 11.6 Å². The molecule has 0 aliphatic carbocycles. The fourth-order valence-corrected chi connectivity index (χ4v) is 0. The van der Waals surface area contributed by atoms with Crippen molar-refractivity contribution < 1.29 is 0 Å². The maximum absolute atomic E-state index is 4.76. The molecule has 0 unspecified atom stereocenters. The maximum atomic E-state index is 4.76. The van der Waals surface area contributed by atoms with Crippen LogP contribution in [-0.4, -0.2) is 23.1 Å². The van der Waals surface area contributed by atoms with Crippen LogP contribution in [0.25, 0.3) is 0 Å². The second kappa shape index (κ2) is 9.20. The summed E-state index contributed by atoms with van der Waals surface area (Å²) in [7, 11) is 0. The molecule has 0 aromatic carbocycles. The van der Waals surface area contributed by atoms with Crippen LogP contribution < -0.4 is 0 Å². The van der Waals surface area contributed by atoms with Gasteiger partial charge in [0.15, 0.2) is 0 Å². The lowest BCUT2D eigenvalue weighted by Crippen LogP contribution is -0.926. The van der Waals surface area contributed by atoms with Crippen LogP contribution in [0.2, 0.25) is 0 Å². The largest absolute Gasteiger partial charge is 0.0936 e. The molecule has 2 heteroatoms. The van der Waals surface area contributed by atoms with Gasteiger partial charge in [0.2, 0.25) is 0 Å². The van der Waals surface area contributed by atoms with E-state index in [-0.39, 0.29) is 23.1 Å². The Kier molecular flexibility index (Phi) is 20.3. The topological polar surface area (TPSA) is 0 Å². The first-order chi connectivity index (χ1) is 1.41. The molecule has 0 aromatic heterocycles. The van der Waals surface area contributed by atoms with Crippen LogP contribution in [0.3, 0.4) is 0 Å². The van der Waals surface area contributed by atoms with Crippen LogP contribution in [-0.2, 0) is 0 Å². The van der Waals surface area contributed by atoms with Gasteiger partial charge in [0.1, 0.15) is 0 Å². The summed E-state index contributed by atoms with van der Waals surface area (Å²) in [6.45, 7) is 3.13. The molecular formula is C2H3ClMg. The Bertz CT molecular complexity index is 13.5. The normalized spacial score (nSPS) is 3.25. The van der Waals surface area contributed by atoms with E-state index in [0.29, 0.717) is 0 Å². The molecule has 0 aliphatic rings. The van der Waals surface area contributed by atoms with Gasteiger partial charge < -0.3 is 0 Å². The summed E-state index contributed by atoms with van der Waals surface area (Å²) in [5.41, 5.74) is 1.22. The third kappa shape index (κ3) is 14.2. The minimum Gasteiger partial charge on any atom is -0.0936 e. The Morgan fingerprint density at radius 1 is 1.75 bits per heavy atom. The minimum atomic E-state index is 0. The average molecular weight is 86.8 g/mol. The molecule has 0 aliphatic heterocycles. The smallest absolute Gasteiger partial charge is 0 e. The average Bonchev–Trinajstić information content (AvgIpc) is 0.918.